The minimum absolute atomic E-state index is 0.101. The first-order valence-corrected chi connectivity index (χ1v) is 7.06. The number of nitrogens with zero attached hydrogens (tertiary/aromatic N) is 1. The largest absolute Gasteiger partial charge is 0.489 e. The average Bonchev–Trinajstić information content (AvgIpc) is 2.46. The van der Waals surface area contributed by atoms with E-state index in [1.54, 1.807) is 18.2 Å². The fourth-order valence-corrected chi connectivity index (χ4v) is 2.28. The fraction of sp³-hybridized carbons (Fsp3) is 0.235. The third kappa shape index (κ3) is 3.75. The number of rotatable bonds is 4. The van der Waals surface area contributed by atoms with Crippen molar-refractivity contribution in [1.82, 2.24) is 0 Å². The highest BCUT2D eigenvalue weighted by Crippen LogP contribution is 2.27. The van der Waals surface area contributed by atoms with Crippen LogP contribution < -0.4 is 10.5 Å². The first kappa shape index (κ1) is 15.4. The summed E-state index contributed by atoms with van der Waals surface area (Å²) < 4.78 is 5.85. The van der Waals surface area contributed by atoms with E-state index in [9.17, 15) is 0 Å². The Morgan fingerprint density at radius 2 is 2.05 bits per heavy atom. The lowest BCUT2D eigenvalue weighted by atomic mass is 10.1. The van der Waals surface area contributed by atoms with E-state index in [0.29, 0.717) is 17.2 Å². The van der Waals surface area contributed by atoms with Gasteiger partial charge in [-0.1, -0.05) is 35.4 Å². The molecule has 0 unspecified atom stereocenters. The topological polar surface area (TPSA) is 59.0 Å². The molecular formula is C17H17ClN2O. The Balaban J connectivity index is 2.19. The van der Waals surface area contributed by atoms with E-state index in [1.807, 2.05) is 32.0 Å². The second kappa shape index (κ2) is 6.62. The third-order valence-corrected chi connectivity index (χ3v) is 3.57. The van der Waals surface area contributed by atoms with Crippen LogP contribution in [0.5, 0.6) is 5.75 Å². The Morgan fingerprint density at radius 3 is 2.67 bits per heavy atom. The lowest BCUT2D eigenvalue weighted by Crippen LogP contribution is -2.08. The Labute approximate surface area is 129 Å². The molecule has 0 aliphatic carbocycles. The maximum atomic E-state index is 8.83. The van der Waals surface area contributed by atoms with E-state index < -0.39 is 0 Å². The highest BCUT2D eigenvalue weighted by Gasteiger charge is 2.10. The Kier molecular flexibility index (Phi) is 4.85. The Morgan fingerprint density at radius 1 is 1.29 bits per heavy atom. The molecule has 2 aromatic carbocycles. The summed E-state index contributed by atoms with van der Waals surface area (Å²) in [4.78, 5) is 0. The van der Waals surface area contributed by atoms with Gasteiger partial charge in [-0.25, -0.2) is 0 Å². The predicted molar refractivity (Wildman–Crippen MR) is 84.3 cm³/mol. The monoisotopic (exact) mass is 300 g/mol. The molecule has 2 aromatic rings. The molecule has 1 atom stereocenters. The van der Waals surface area contributed by atoms with Crippen molar-refractivity contribution >= 4 is 11.6 Å². The SMILES string of the molecule is Cc1ccc(OCc2ccc(C#N)cc2Cl)c([C@@H](C)N)c1. The zero-order chi connectivity index (χ0) is 15.4. The van der Waals surface area contributed by atoms with Gasteiger partial charge in [0.25, 0.3) is 0 Å². The molecule has 0 aromatic heterocycles. The minimum atomic E-state index is -0.101. The van der Waals surface area contributed by atoms with E-state index in [2.05, 4.69) is 6.07 Å². The van der Waals surface area contributed by atoms with Gasteiger partial charge >= 0.3 is 0 Å². The van der Waals surface area contributed by atoms with Crippen molar-refractivity contribution in [2.24, 2.45) is 5.73 Å². The van der Waals surface area contributed by atoms with Crippen LogP contribution >= 0.6 is 11.6 Å². The molecule has 108 valence electrons. The second-order valence-electron chi connectivity index (χ2n) is 5.04. The molecule has 0 saturated heterocycles. The summed E-state index contributed by atoms with van der Waals surface area (Å²) in [5.74, 6) is 0.760. The third-order valence-electron chi connectivity index (χ3n) is 3.22. The van der Waals surface area contributed by atoms with Crippen LogP contribution in [0.2, 0.25) is 5.02 Å². The van der Waals surface area contributed by atoms with Crippen LogP contribution in [0.3, 0.4) is 0 Å². The van der Waals surface area contributed by atoms with E-state index in [-0.39, 0.29) is 6.04 Å². The maximum Gasteiger partial charge on any atom is 0.124 e. The van der Waals surface area contributed by atoms with Crippen LogP contribution in [-0.4, -0.2) is 0 Å². The van der Waals surface area contributed by atoms with Crippen molar-refractivity contribution < 1.29 is 4.74 Å². The lowest BCUT2D eigenvalue weighted by Gasteiger charge is -2.15. The van der Waals surface area contributed by atoms with Gasteiger partial charge in [0.15, 0.2) is 0 Å². The van der Waals surface area contributed by atoms with E-state index >= 15 is 0 Å². The molecule has 21 heavy (non-hydrogen) atoms. The zero-order valence-electron chi connectivity index (χ0n) is 12.1. The standard InChI is InChI=1S/C17H17ClN2O/c1-11-3-6-17(15(7-11)12(2)20)21-10-14-5-4-13(9-19)8-16(14)18/h3-8,12H,10,20H2,1-2H3/t12-/m1/s1. The first-order chi connectivity index (χ1) is 10.0. The highest BCUT2D eigenvalue weighted by atomic mass is 35.5. The van der Waals surface area contributed by atoms with Crippen LogP contribution in [0.15, 0.2) is 36.4 Å². The smallest absolute Gasteiger partial charge is 0.124 e. The van der Waals surface area contributed by atoms with Gasteiger partial charge in [-0.15, -0.1) is 0 Å². The summed E-state index contributed by atoms with van der Waals surface area (Å²) >= 11 is 6.15. The Hall–Kier alpha value is -2.02. The summed E-state index contributed by atoms with van der Waals surface area (Å²) in [6, 6.07) is 13.1. The van der Waals surface area contributed by atoms with Crippen molar-refractivity contribution in [2.75, 3.05) is 0 Å². The number of nitrogens with two attached hydrogens (primary N) is 1. The maximum absolute atomic E-state index is 8.83. The van der Waals surface area contributed by atoms with E-state index in [4.69, 9.17) is 27.3 Å². The average molecular weight is 301 g/mol. The van der Waals surface area contributed by atoms with Gasteiger partial charge in [0.1, 0.15) is 12.4 Å². The molecule has 3 nitrogen and oxygen atoms in total. The normalized spacial score (nSPS) is 11.8. The van der Waals surface area contributed by atoms with Gasteiger partial charge in [0, 0.05) is 22.2 Å². The molecular weight excluding hydrogens is 284 g/mol. The zero-order valence-corrected chi connectivity index (χ0v) is 12.8. The van der Waals surface area contributed by atoms with Crippen LogP contribution in [-0.2, 0) is 6.61 Å². The van der Waals surface area contributed by atoms with Crippen LogP contribution in [0, 0.1) is 18.3 Å². The summed E-state index contributed by atoms with van der Waals surface area (Å²) in [6.07, 6.45) is 0. The van der Waals surface area contributed by atoms with E-state index in [0.717, 1.165) is 22.4 Å². The van der Waals surface area contributed by atoms with Gasteiger partial charge in [0.05, 0.1) is 11.6 Å². The lowest BCUT2D eigenvalue weighted by molar-refractivity contribution is 0.301. The molecule has 0 saturated carbocycles. The van der Waals surface area contributed by atoms with Gasteiger partial charge < -0.3 is 10.5 Å². The second-order valence-corrected chi connectivity index (χ2v) is 5.44. The number of hydrogen-bond donors (Lipinski definition) is 1. The molecule has 0 fully saturated rings. The van der Waals surface area contributed by atoms with Crippen molar-refractivity contribution in [3.05, 3.63) is 63.7 Å². The molecule has 0 aliphatic rings. The van der Waals surface area contributed by atoms with Crippen LogP contribution in [0.25, 0.3) is 0 Å². The number of aryl methyl sites for hydroxylation is 1. The molecule has 2 rings (SSSR count). The van der Waals surface area contributed by atoms with Gasteiger partial charge in [-0.3, -0.25) is 0 Å². The molecule has 4 heteroatoms. The van der Waals surface area contributed by atoms with Crippen molar-refractivity contribution in [1.29, 1.82) is 5.26 Å². The summed E-state index contributed by atoms with van der Waals surface area (Å²) in [5.41, 5.74) is 9.47. The molecule has 0 heterocycles. The predicted octanol–water partition coefficient (Wildman–Crippen LogP) is 4.12. The van der Waals surface area contributed by atoms with Crippen molar-refractivity contribution in [3.63, 3.8) is 0 Å². The Bertz CT molecular complexity index is 690. The molecule has 0 aliphatic heterocycles. The quantitative estimate of drug-likeness (QED) is 0.924. The number of hydrogen-bond acceptors (Lipinski definition) is 3. The van der Waals surface area contributed by atoms with Crippen LogP contribution in [0.4, 0.5) is 0 Å². The number of benzene rings is 2. The molecule has 2 N–H and O–H groups in total. The van der Waals surface area contributed by atoms with E-state index in [1.165, 1.54) is 0 Å². The van der Waals surface area contributed by atoms with Gasteiger partial charge in [-0.05, 0) is 32.0 Å². The van der Waals surface area contributed by atoms with Gasteiger partial charge in [0.2, 0.25) is 0 Å². The van der Waals surface area contributed by atoms with Crippen molar-refractivity contribution in [3.8, 4) is 11.8 Å². The molecule has 0 spiro atoms. The van der Waals surface area contributed by atoms with Crippen molar-refractivity contribution in [2.45, 2.75) is 26.5 Å². The highest BCUT2D eigenvalue weighted by molar-refractivity contribution is 6.31. The first-order valence-electron chi connectivity index (χ1n) is 6.68. The number of halogens is 1. The number of nitriles is 1. The minimum Gasteiger partial charge on any atom is -0.489 e. The molecule has 0 amide bonds. The summed E-state index contributed by atoms with van der Waals surface area (Å²) in [5, 5.41) is 9.36. The summed E-state index contributed by atoms with van der Waals surface area (Å²) in [7, 11) is 0. The molecule has 0 radical (unpaired) electrons. The molecule has 0 bridgehead atoms. The van der Waals surface area contributed by atoms with Crippen LogP contribution in [0.1, 0.15) is 35.2 Å². The number of ether oxygens (including phenoxy) is 1. The fourth-order valence-electron chi connectivity index (χ4n) is 2.04. The van der Waals surface area contributed by atoms with Gasteiger partial charge in [-0.2, -0.15) is 5.26 Å². The summed E-state index contributed by atoms with van der Waals surface area (Å²) in [6.45, 7) is 4.29.